The smallest absolute Gasteiger partial charge is 0.271 e. The van der Waals surface area contributed by atoms with Gasteiger partial charge in [0.25, 0.3) is 5.91 Å². The first-order valence-electron chi connectivity index (χ1n) is 6.39. The molecule has 0 aliphatic rings. The second kappa shape index (κ2) is 7.04. The monoisotopic (exact) mass is 265 g/mol. The van der Waals surface area contributed by atoms with Crippen LogP contribution in [0.5, 0.6) is 0 Å². The minimum Gasteiger partial charge on any atom is -0.372 e. The second-order valence-corrected chi connectivity index (χ2v) is 5.12. The van der Waals surface area contributed by atoms with Crippen LogP contribution in [-0.4, -0.2) is 54.5 Å². The Labute approximate surface area is 114 Å². The van der Waals surface area contributed by atoms with Crippen LogP contribution in [0.4, 0.5) is 5.82 Å². The number of anilines is 1. The van der Waals surface area contributed by atoms with Crippen LogP contribution in [0, 0.1) is 5.92 Å². The Morgan fingerprint density at radius 1 is 1.32 bits per heavy atom. The molecule has 1 unspecified atom stereocenters. The number of carbonyl (C=O) groups is 1. The molecule has 1 aromatic rings. The van der Waals surface area contributed by atoms with Crippen LogP contribution < -0.4 is 10.6 Å². The van der Waals surface area contributed by atoms with Crippen molar-refractivity contribution < 1.29 is 4.79 Å². The highest BCUT2D eigenvalue weighted by Gasteiger charge is 2.18. The molecule has 0 saturated heterocycles. The number of carbonyl (C=O) groups excluding carboxylic acids is 1. The van der Waals surface area contributed by atoms with Crippen LogP contribution >= 0.6 is 0 Å². The quantitative estimate of drug-likeness (QED) is 0.797. The lowest BCUT2D eigenvalue weighted by Gasteiger charge is -2.25. The first-order chi connectivity index (χ1) is 8.93. The molecule has 1 heterocycles. The number of hydrogen-bond acceptors (Lipinski definition) is 5. The third kappa shape index (κ3) is 4.82. The Balaban J connectivity index is 2.70. The van der Waals surface area contributed by atoms with E-state index in [-0.39, 0.29) is 11.9 Å². The molecule has 1 atom stereocenters. The minimum atomic E-state index is -0.185. The van der Waals surface area contributed by atoms with E-state index in [1.54, 1.807) is 13.2 Å². The first kappa shape index (κ1) is 15.4. The van der Waals surface area contributed by atoms with Gasteiger partial charge >= 0.3 is 0 Å². The molecular weight excluding hydrogens is 242 g/mol. The molecule has 0 fully saturated rings. The Morgan fingerprint density at radius 2 is 2.00 bits per heavy atom. The van der Waals surface area contributed by atoms with E-state index in [0.717, 1.165) is 6.54 Å². The Kier molecular flexibility index (Phi) is 5.69. The van der Waals surface area contributed by atoms with Crippen molar-refractivity contribution in [1.29, 1.82) is 0 Å². The van der Waals surface area contributed by atoms with Crippen molar-refractivity contribution in [1.82, 2.24) is 20.2 Å². The predicted molar refractivity (Wildman–Crippen MR) is 76.2 cm³/mol. The zero-order valence-corrected chi connectivity index (χ0v) is 12.3. The summed E-state index contributed by atoms with van der Waals surface area (Å²) in [7, 11) is 5.74. The number of likely N-dealkylation sites (N-methyl/N-ethyl adjacent to an activating group) is 1. The Morgan fingerprint density at radius 3 is 2.42 bits per heavy atom. The number of nitrogens with zero attached hydrogens (tertiary/aromatic N) is 3. The minimum absolute atomic E-state index is 0.0910. The van der Waals surface area contributed by atoms with Gasteiger partial charge in [-0.25, -0.2) is 9.97 Å². The normalized spacial score (nSPS) is 12.6. The van der Waals surface area contributed by atoms with Gasteiger partial charge in [0.05, 0.1) is 12.4 Å². The number of rotatable bonds is 6. The summed E-state index contributed by atoms with van der Waals surface area (Å²) in [6.45, 7) is 4.97. The van der Waals surface area contributed by atoms with Gasteiger partial charge < -0.3 is 15.5 Å². The van der Waals surface area contributed by atoms with Crippen LogP contribution in [0.2, 0.25) is 0 Å². The van der Waals surface area contributed by atoms with Crippen LogP contribution in [0.3, 0.4) is 0 Å². The molecule has 0 aliphatic carbocycles. The van der Waals surface area contributed by atoms with Crippen LogP contribution in [-0.2, 0) is 0 Å². The van der Waals surface area contributed by atoms with Crippen LogP contribution in [0.15, 0.2) is 12.4 Å². The summed E-state index contributed by atoms with van der Waals surface area (Å²) >= 11 is 0. The third-order valence-corrected chi connectivity index (χ3v) is 2.82. The number of amides is 1. The summed E-state index contributed by atoms with van der Waals surface area (Å²) in [5.74, 6) is 0.817. The van der Waals surface area contributed by atoms with E-state index in [9.17, 15) is 4.79 Å². The lowest BCUT2D eigenvalue weighted by atomic mass is 10.0. The average molecular weight is 265 g/mol. The van der Waals surface area contributed by atoms with Gasteiger partial charge in [-0.2, -0.15) is 0 Å². The van der Waals surface area contributed by atoms with E-state index in [2.05, 4.69) is 39.3 Å². The van der Waals surface area contributed by atoms with Crippen molar-refractivity contribution in [3.63, 3.8) is 0 Å². The van der Waals surface area contributed by atoms with E-state index in [1.807, 2.05) is 14.1 Å². The Bertz CT molecular complexity index is 402. The average Bonchev–Trinajstić information content (AvgIpc) is 2.37. The Hall–Kier alpha value is -1.69. The van der Waals surface area contributed by atoms with Gasteiger partial charge in [-0.15, -0.1) is 0 Å². The molecule has 106 valence electrons. The molecule has 1 amide bonds. The summed E-state index contributed by atoms with van der Waals surface area (Å²) in [4.78, 5) is 22.3. The number of aromatic nitrogens is 2. The highest BCUT2D eigenvalue weighted by atomic mass is 16.2. The van der Waals surface area contributed by atoms with Crippen LogP contribution in [0.1, 0.15) is 24.3 Å². The third-order valence-electron chi connectivity index (χ3n) is 2.82. The lowest BCUT2D eigenvalue weighted by Crippen LogP contribution is -2.45. The van der Waals surface area contributed by atoms with Crippen LogP contribution in [0.25, 0.3) is 0 Å². The maximum Gasteiger partial charge on any atom is 0.271 e. The van der Waals surface area contributed by atoms with E-state index in [0.29, 0.717) is 17.4 Å². The summed E-state index contributed by atoms with van der Waals surface area (Å²) in [6.07, 6.45) is 3.03. The molecule has 6 nitrogen and oxygen atoms in total. The maximum atomic E-state index is 12.1. The van der Waals surface area contributed by atoms with Crippen molar-refractivity contribution in [3.05, 3.63) is 18.1 Å². The molecule has 0 aromatic carbocycles. The van der Waals surface area contributed by atoms with E-state index in [4.69, 9.17) is 0 Å². The molecular formula is C13H23N5O. The van der Waals surface area contributed by atoms with E-state index < -0.39 is 0 Å². The van der Waals surface area contributed by atoms with Crippen molar-refractivity contribution in [3.8, 4) is 0 Å². The fraction of sp³-hybridized carbons (Fsp3) is 0.615. The standard InChI is InChI=1S/C13H23N5O/c1-9(2)11(8-18(4)5)17-13(19)10-6-16-12(14-3)7-15-10/h6-7,9,11H,8H2,1-5H3,(H,14,16)(H,17,19). The second-order valence-electron chi connectivity index (χ2n) is 5.12. The molecule has 1 rings (SSSR count). The van der Waals surface area contributed by atoms with Gasteiger partial charge in [0.15, 0.2) is 0 Å². The summed E-state index contributed by atoms with van der Waals surface area (Å²) < 4.78 is 0. The SMILES string of the molecule is CNc1cnc(C(=O)NC(CN(C)C)C(C)C)cn1. The largest absolute Gasteiger partial charge is 0.372 e. The number of nitrogens with one attached hydrogen (secondary N) is 2. The molecule has 2 N–H and O–H groups in total. The molecule has 1 aromatic heterocycles. The van der Waals surface area contributed by atoms with Gasteiger partial charge in [-0.3, -0.25) is 4.79 Å². The summed E-state index contributed by atoms with van der Waals surface area (Å²) in [6, 6.07) is 0.0910. The number of hydrogen-bond donors (Lipinski definition) is 2. The zero-order valence-electron chi connectivity index (χ0n) is 12.3. The van der Waals surface area contributed by atoms with Crippen molar-refractivity contribution in [2.75, 3.05) is 33.0 Å². The molecule has 6 heteroatoms. The van der Waals surface area contributed by atoms with Crippen molar-refractivity contribution >= 4 is 11.7 Å². The maximum absolute atomic E-state index is 12.1. The van der Waals surface area contributed by atoms with E-state index in [1.165, 1.54) is 6.20 Å². The zero-order chi connectivity index (χ0) is 14.4. The molecule has 19 heavy (non-hydrogen) atoms. The topological polar surface area (TPSA) is 70.2 Å². The van der Waals surface area contributed by atoms with Crippen molar-refractivity contribution in [2.24, 2.45) is 5.92 Å². The fourth-order valence-electron chi connectivity index (χ4n) is 1.63. The molecule has 0 bridgehead atoms. The first-order valence-corrected chi connectivity index (χ1v) is 6.39. The molecule has 0 radical (unpaired) electrons. The van der Waals surface area contributed by atoms with Gasteiger partial charge in [0.1, 0.15) is 11.5 Å². The summed E-state index contributed by atoms with van der Waals surface area (Å²) in [5.41, 5.74) is 0.336. The predicted octanol–water partition coefficient (Wildman–Crippen LogP) is 0.834. The van der Waals surface area contributed by atoms with Crippen molar-refractivity contribution in [2.45, 2.75) is 19.9 Å². The van der Waals surface area contributed by atoms with Gasteiger partial charge in [0.2, 0.25) is 0 Å². The summed E-state index contributed by atoms with van der Waals surface area (Å²) in [5, 5.41) is 5.86. The fourth-order valence-corrected chi connectivity index (χ4v) is 1.63. The lowest BCUT2D eigenvalue weighted by molar-refractivity contribution is 0.0911. The highest BCUT2D eigenvalue weighted by molar-refractivity contribution is 5.92. The molecule has 0 aliphatic heterocycles. The molecule has 0 spiro atoms. The van der Waals surface area contributed by atoms with Gasteiger partial charge in [-0.1, -0.05) is 13.8 Å². The highest BCUT2D eigenvalue weighted by Crippen LogP contribution is 2.05. The van der Waals surface area contributed by atoms with E-state index >= 15 is 0 Å². The van der Waals surface area contributed by atoms with Gasteiger partial charge in [-0.05, 0) is 20.0 Å². The molecule has 0 saturated carbocycles. The van der Waals surface area contributed by atoms with Gasteiger partial charge in [0, 0.05) is 19.6 Å².